The molecular weight excluding hydrogens is 227 g/mol. The number of benzene rings is 1. The van der Waals surface area contributed by atoms with E-state index in [4.69, 9.17) is 0 Å². The normalized spacial score (nSPS) is 12.3. The molecule has 18 heavy (non-hydrogen) atoms. The van der Waals surface area contributed by atoms with Crippen LogP contribution >= 0.6 is 0 Å². The summed E-state index contributed by atoms with van der Waals surface area (Å²) in [6.45, 7) is 6.80. The van der Waals surface area contributed by atoms with Gasteiger partial charge in [-0.15, -0.1) is 0 Å². The quantitative estimate of drug-likeness (QED) is 0.862. The maximum atomic E-state index is 14.7. The van der Waals surface area contributed by atoms with Crippen molar-refractivity contribution in [3.05, 3.63) is 35.3 Å². The van der Waals surface area contributed by atoms with E-state index in [0.29, 0.717) is 6.54 Å². The summed E-state index contributed by atoms with van der Waals surface area (Å²) in [6.07, 6.45) is 2.00. The molecule has 0 aliphatic rings. The molecule has 1 aromatic heterocycles. The second-order valence-electron chi connectivity index (χ2n) is 5.87. The van der Waals surface area contributed by atoms with Crippen molar-refractivity contribution in [2.75, 3.05) is 7.05 Å². The Morgan fingerprint density at radius 1 is 1.28 bits per heavy atom. The number of rotatable bonds is 2. The molecule has 0 radical (unpaired) electrons. The second kappa shape index (κ2) is 4.39. The third-order valence-electron chi connectivity index (χ3n) is 3.35. The number of halogens is 1. The topological polar surface area (TPSA) is 17.0 Å². The molecule has 2 rings (SSSR count). The summed E-state index contributed by atoms with van der Waals surface area (Å²) in [5.41, 5.74) is 2.56. The van der Waals surface area contributed by atoms with E-state index in [9.17, 15) is 4.39 Å². The number of nitrogens with one attached hydrogen (secondary N) is 1. The highest BCUT2D eigenvalue weighted by Gasteiger charge is 2.22. The zero-order valence-corrected chi connectivity index (χ0v) is 11.8. The minimum absolute atomic E-state index is 0.0779. The lowest BCUT2D eigenvalue weighted by atomic mass is 9.85. The van der Waals surface area contributed by atoms with Crippen molar-refractivity contribution in [1.29, 1.82) is 0 Å². The summed E-state index contributed by atoms with van der Waals surface area (Å²) in [7, 11) is 3.84. The number of fused-ring (bicyclic) bond motifs is 1. The fourth-order valence-electron chi connectivity index (χ4n) is 2.44. The number of nitrogens with zero attached hydrogens (tertiary/aromatic N) is 1. The molecule has 2 aromatic rings. The third-order valence-corrected chi connectivity index (χ3v) is 3.35. The standard InChI is InChI=1S/C15H21FN2/c1-15(2,3)11-6-7-12-13(14(11)16)10(8-17-4)9-18(12)5/h6-7,9,17H,8H2,1-5H3. The molecular formula is C15H21FN2. The summed E-state index contributed by atoms with van der Waals surface area (Å²) >= 11 is 0. The predicted molar refractivity (Wildman–Crippen MR) is 74.3 cm³/mol. The van der Waals surface area contributed by atoms with Gasteiger partial charge in [-0.25, -0.2) is 4.39 Å². The summed E-state index contributed by atoms with van der Waals surface area (Å²) < 4.78 is 16.7. The Morgan fingerprint density at radius 2 is 1.94 bits per heavy atom. The SMILES string of the molecule is CNCc1cn(C)c2ccc(C(C)(C)C)c(F)c12. The highest BCUT2D eigenvalue weighted by molar-refractivity contribution is 5.85. The van der Waals surface area contributed by atoms with Crippen LogP contribution in [0.1, 0.15) is 31.9 Å². The van der Waals surface area contributed by atoms with Crippen LogP contribution in [0.15, 0.2) is 18.3 Å². The summed E-state index contributed by atoms with van der Waals surface area (Å²) in [5, 5.41) is 3.84. The minimum atomic E-state index is -0.176. The van der Waals surface area contributed by atoms with E-state index in [1.807, 2.05) is 57.8 Å². The van der Waals surface area contributed by atoms with E-state index in [1.165, 1.54) is 0 Å². The lowest BCUT2D eigenvalue weighted by Crippen LogP contribution is -2.14. The highest BCUT2D eigenvalue weighted by Crippen LogP contribution is 2.32. The predicted octanol–water partition coefficient (Wildman–Crippen LogP) is 3.33. The van der Waals surface area contributed by atoms with Crippen LogP contribution in [0.25, 0.3) is 10.9 Å². The Bertz CT molecular complexity index is 576. The monoisotopic (exact) mass is 248 g/mol. The van der Waals surface area contributed by atoms with Gasteiger partial charge in [0.25, 0.3) is 0 Å². The molecule has 0 unspecified atom stereocenters. The van der Waals surface area contributed by atoms with Gasteiger partial charge >= 0.3 is 0 Å². The van der Waals surface area contributed by atoms with Crippen LogP contribution in [0.5, 0.6) is 0 Å². The Morgan fingerprint density at radius 3 is 2.50 bits per heavy atom. The van der Waals surface area contributed by atoms with Crippen molar-refractivity contribution in [3.8, 4) is 0 Å². The van der Waals surface area contributed by atoms with Gasteiger partial charge in [0.2, 0.25) is 0 Å². The van der Waals surface area contributed by atoms with Crippen LogP contribution in [0.2, 0.25) is 0 Å². The molecule has 0 bridgehead atoms. The molecule has 1 aromatic carbocycles. The number of aryl methyl sites for hydroxylation is 1. The molecule has 0 aliphatic carbocycles. The Labute approximate surface area is 108 Å². The van der Waals surface area contributed by atoms with Crippen molar-refractivity contribution >= 4 is 10.9 Å². The van der Waals surface area contributed by atoms with Crippen molar-refractivity contribution in [2.24, 2.45) is 7.05 Å². The first kappa shape index (κ1) is 13.1. The lowest BCUT2D eigenvalue weighted by molar-refractivity contribution is 0.528. The summed E-state index contributed by atoms with van der Waals surface area (Å²) in [6, 6.07) is 3.92. The van der Waals surface area contributed by atoms with Gasteiger partial charge in [0.05, 0.1) is 5.52 Å². The molecule has 98 valence electrons. The molecule has 3 heteroatoms. The average molecular weight is 248 g/mol. The first-order valence-corrected chi connectivity index (χ1v) is 6.27. The van der Waals surface area contributed by atoms with Crippen LogP contribution in [-0.4, -0.2) is 11.6 Å². The van der Waals surface area contributed by atoms with E-state index in [-0.39, 0.29) is 11.2 Å². The highest BCUT2D eigenvalue weighted by atomic mass is 19.1. The molecule has 1 heterocycles. The van der Waals surface area contributed by atoms with E-state index < -0.39 is 0 Å². The molecule has 0 amide bonds. The zero-order chi connectivity index (χ0) is 13.5. The van der Waals surface area contributed by atoms with E-state index in [2.05, 4.69) is 5.32 Å². The van der Waals surface area contributed by atoms with Gasteiger partial charge in [-0.05, 0) is 29.7 Å². The maximum absolute atomic E-state index is 14.7. The van der Waals surface area contributed by atoms with Crippen molar-refractivity contribution in [1.82, 2.24) is 9.88 Å². The van der Waals surface area contributed by atoms with E-state index >= 15 is 0 Å². The Balaban J connectivity index is 2.76. The molecule has 1 N–H and O–H groups in total. The van der Waals surface area contributed by atoms with Crippen molar-refractivity contribution in [3.63, 3.8) is 0 Å². The summed E-state index contributed by atoms with van der Waals surface area (Å²) in [4.78, 5) is 0. The fourth-order valence-corrected chi connectivity index (χ4v) is 2.44. The summed E-state index contributed by atoms with van der Waals surface area (Å²) in [5.74, 6) is -0.0779. The van der Waals surface area contributed by atoms with E-state index in [1.54, 1.807) is 0 Å². The number of hydrogen-bond acceptors (Lipinski definition) is 1. The van der Waals surface area contributed by atoms with Gasteiger partial charge < -0.3 is 9.88 Å². The smallest absolute Gasteiger partial charge is 0.136 e. The van der Waals surface area contributed by atoms with Crippen molar-refractivity contribution in [2.45, 2.75) is 32.7 Å². The van der Waals surface area contributed by atoms with E-state index in [0.717, 1.165) is 22.0 Å². The molecule has 0 atom stereocenters. The Kier molecular flexibility index (Phi) is 3.20. The van der Waals surface area contributed by atoms with Gasteiger partial charge in [0, 0.05) is 25.2 Å². The van der Waals surface area contributed by atoms with Gasteiger partial charge in [-0.3, -0.25) is 0 Å². The van der Waals surface area contributed by atoms with Gasteiger partial charge in [-0.1, -0.05) is 26.8 Å². The average Bonchev–Trinajstić information content (AvgIpc) is 2.56. The van der Waals surface area contributed by atoms with Crippen LogP contribution in [0.3, 0.4) is 0 Å². The maximum Gasteiger partial charge on any atom is 0.136 e. The van der Waals surface area contributed by atoms with Gasteiger partial charge in [0.1, 0.15) is 5.82 Å². The number of hydrogen-bond donors (Lipinski definition) is 1. The zero-order valence-electron chi connectivity index (χ0n) is 11.8. The van der Waals surface area contributed by atoms with Gasteiger partial charge in [0.15, 0.2) is 0 Å². The molecule has 0 spiro atoms. The third kappa shape index (κ3) is 2.03. The lowest BCUT2D eigenvalue weighted by Gasteiger charge is -2.20. The number of aromatic nitrogens is 1. The molecule has 0 saturated carbocycles. The van der Waals surface area contributed by atoms with Crippen LogP contribution in [0, 0.1) is 5.82 Å². The van der Waals surface area contributed by atoms with Crippen LogP contribution < -0.4 is 5.32 Å². The molecule has 2 nitrogen and oxygen atoms in total. The first-order valence-electron chi connectivity index (χ1n) is 6.27. The Hall–Kier alpha value is -1.35. The fraction of sp³-hybridized carbons (Fsp3) is 0.467. The minimum Gasteiger partial charge on any atom is -0.350 e. The van der Waals surface area contributed by atoms with Crippen LogP contribution in [0.4, 0.5) is 4.39 Å². The molecule has 0 fully saturated rings. The first-order chi connectivity index (χ1) is 8.36. The van der Waals surface area contributed by atoms with Gasteiger partial charge in [-0.2, -0.15) is 0 Å². The molecule has 0 saturated heterocycles. The van der Waals surface area contributed by atoms with Crippen LogP contribution in [-0.2, 0) is 19.0 Å². The largest absolute Gasteiger partial charge is 0.350 e. The second-order valence-corrected chi connectivity index (χ2v) is 5.87. The van der Waals surface area contributed by atoms with Crippen molar-refractivity contribution < 1.29 is 4.39 Å². The molecule has 0 aliphatic heterocycles.